The third-order valence-electron chi connectivity index (χ3n) is 4.24. The van der Waals surface area contributed by atoms with Gasteiger partial charge in [-0.25, -0.2) is 4.79 Å². The number of hydrogen-bond acceptors (Lipinski definition) is 4. The summed E-state index contributed by atoms with van der Waals surface area (Å²) in [7, 11) is 0. The first-order valence-electron chi connectivity index (χ1n) is 7.80. The zero-order chi connectivity index (χ0) is 15.5. The number of rotatable bonds is 3. The molecule has 22 heavy (non-hydrogen) atoms. The van der Waals surface area contributed by atoms with Gasteiger partial charge in [-0.2, -0.15) is 0 Å². The molecule has 5 nitrogen and oxygen atoms in total. The van der Waals surface area contributed by atoms with Gasteiger partial charge in [0, 0.05) is 19.4 Å². The van der Waals surface area contributed by atoms with E-state index in [0.717, 1.165) is 19.3 Å². The van der Waals surface area contributed by atoms with Crippen LogP contribution >= 0.6 is 0 Å². The lowest BCUT2D eigenvalue weighted by atomic mass is 9.96. The van der Waals surface area contributed by atoms with Crippen LogP contribution in [0.4, 0.5) is 5.69 Å². The molecular weight excluding hydrogens is 282 g/mol. The molecule has 1 aromatic rings. The van der Waals surface area contributed by atoms with E-state index in [2.05, 4.69) is 0 Å². The molecule has 1 saturated carbocycles. The Kier molecular flexibility index (Phi) is 4.22. The fourth-order valence-electron chi connectivity index (χ4n) is 3.05. The lowest BCUT2D eigenvalue weighted by Crippen LogP contribution is -2.31. The number of Topliss-reactive ketones (excluding diaryl/α,β-unsaturated/α-hetero) is 1. The molecule has 116 valence electrons. The number of carbonyl (C=O) groups excluding carboxylic acids is 3. The zero-order valence-corrected chi connectivity index (χ0v) is 12.4. The summed E-state index contributed by atoms with van der Waals surface area (Å²) in [6.07, 6.45) is 3.50. The van der Waals surface area contributed by atoms with Crippen LogP contribution in [0.25, 0.3) is 0 Å². The van der Waals surface area contributed by atoms with Gasteiger partial charge in [-0.15, -0.1) is 0 Å². The highest BCUT2D eigenvalue weighted by Gasteiger charge is 2.29. The van der Waals surface area contributed by atoms with Crippen molar-refractivity contribution < 1.29 is 19.1 Å². The minimum absolute atomic E-state index is 0.00525. The van der Waals surface area contributed by atoms with Crippen molar-refractivity contribution in [1.82, 2.24) is 0 Å². The number of nitrogens with zero attached hydrogens (tertiary/aromatic N) is 1. The van der Waals surface area contributed by atoms with Crippen molar-refractivity contribution in [3.8, 4) is 0 Å². The largest absolute Gasteiger partial charge is 0.451 e. The average Bonchev–Trinajstić information content (AvgIpc) is 2.95. The van der Waals surface area contributed by atoms with Gasteiger partial charge in [-0.05, 0) is 37.8 Å². The van der Waals surface area contributed by atoms with Crippen LogP contribution in [-0.2, 0) is 14.3 Å². The number of esters is 1. The van der Waals surface area contributed by atoms with Crippen molar-refractivity contribution in [2.75, 3.05) is 11.4 Å². The first-order valence-corrected chi connectivity index (χ1v) is 7.80. The molecule has 1 aliphatic carbocycles. The number of amides is 1. The summed E-state index contributed by atoms with van der Waals surface area (Å²) >= 11 is 0. The van der Waals surface area contributed by atoms with Gasteiger partial charge in [-0.3, -0.25) is 9.59 Å². The van der Waals surface area contributed by atoms with Crippen LogP contribution < -0.4 is 4.90 Å². The Morgan fingerprint density at radius 2 is 1.91 bits per heavy atom. The SMILES string of the molecule is O=C(O[C@@H]1CCCCC1=O)c1ccccc1N1CCCC1=O. The second-order valence-corrected chi connectivity index (χ2v) is 5.77. The molecule has 1 aromatic carbocycles. The Labute approximate surface area is 129 Å². The molecule has 1 saturated heterocycles. The molecule has 1 aliphatic heterocycles. The Balaban J connectivity index is 1.80. The van der Waals surface area contributed by atoms with Crippen LogP contribution in [-0.4, -0.2) is 30.3 Å². The standard InChI is InChI=1S/C17H19NO4/c19-14-8-3-4-9-15(14)22-17(21)12-6-1-2-7-13(12)18-11-5-10-16(18)20/h1-2,6-7,15H,3-5,8-11H2/t15-/m1/s1. The molecule has 2 fully saturated rings. The number of carbonyl (C=O) groups is 3. The molecule has 1 amide bonds. The number of ether oxygens (including phenoxy) is 1. The molecule has 0 spiro atoms. The van der Waals surface area contributed by atoms with Gasteiger partial charge in [0.05, 0.1) is 11.3 Å². The summed E-state index contributed by atoms with van der Waals surface area (Å²) in [6.45, 7) is 0.617. The second-order valence-electron chi connectivity index (χ2n) is 5.77. The van der Waals surface area contributed by atoms with Crippen LogP contribution in [0.2, 0.25) is 0 Å². The number of ketones is 1. The minimum atomic E-state index is -0.636. The summed E-state index contributed by atoms with van der Waals surface area (Å²) in [5, 5.41) is 0. The number of anilines is 1. The highest BCUT2D eigenvalue weighted by Crippen LogP contribution is 2.27. The van der Waals surface area contributed by atoms with Crippen LogP contribution in [0.15, 0.2) is 24.3 Å². The van der Waals surface area contributed by atoms with Crippen molar-refractivity contribution in [3.05, 3.63) is 29.8 Å². The molecule has 2 aliphatic rings. The summed E-state index contributed by atoms with van der Waals surface area (Å²) in [4.78, 5) is 37.8. The maximum absolute atomic E-state index is 12.4. The van der Waals surface area contributed by atoms with Crippen molar-refractivity contribution in [2.45, 2.75) is 44.6 Å². The molecule has 1 heterocycles. The molecule has 1 atom stereocenters. The minimum Gasteiger partial charge on any atom is -0.451 e. The predicted molar refractivity (Wildman–Crippen MR) is 80.7 cm³/mol. The van der Waals surface area contributed by atoms with E-state index in [-0.39, 0.29) is 11.7 Å². The fourth-order valence-corrected chi connectivity index (χ4v) is 3.05. The average molecular weight is 301 g/mol. The van der Waals surface area contributed by atoms with E-state index in [1.54, 1.807) is 29.2 Å². The van der Waals surface area contributed by atoms with Gasteiger partial charge in [0.2, 0.25) is 5.91 Å². The van der Waals surface area contributed by atoms with E-state index in [9.17, 15) is 14.4 Å². The quantitative estimate of drug-likeness (QED) is 0.805. The van der Waals surface area contributed by atoms with Crippen LogP contribution in [0.5, 0.6) is 0 Å². The highest BCUT2D eigenvalue weighted by molar-refractivity contribution is 6.04. The van der Waals surface area contributed by atoms with Crippen molar-refractivity contribution in [1.29, 1.82) is 0 Å². The van der Waals surface area contributed by atoms with Gasteiger partial charge in [0.15, 0.2) is 11.9 Å². The topological polar surface area (TPSA) is 63.7 Å². The van der Waals surface area contributed by atoms with E-state index in [0.29, 0.717) is 37.1 Å². The van der Waals surface area contributed by atoms with Gasteiger partial charge in [0.25, 0.3) is 0 Å². The Hall–Kier alpha value is -2.17. The van der Waals surface area contributed by atoms with Gasteiger partial charge < -0.3 is 9.64 Å². The lowest BCUT2D eigenvalue weighted by molar-refractivity contribution is -0.130. The van der Waals surface area contributed by atoms with Gasteiger partial charge in [-0.1, -0.05) is 12.1 Å². The molecule has 0 bridgehead atoms. The van der Waals surface area contributed by atoms with E-state index in [1.165, 1.54) is 0 Å². The molecule has 0 radical (unpaired) electrons. The third-order valence-corrected chi connectivity index (χ3v) is 4.24. The molecular formula is C17H19NO4. The number of benzene rings is 1. The number of hydrogen-bond donors (Lipinski definition) is 0. The maximum Gasteiger partial charge on any atom is 0.340 e. The Morgan fingerprint density at radius 1 is 1.09 bits per heavy atom. The molecule has 5 heteroatoms. The van der Waals surface area contributed by atoms with Gasteiger partial charge >= 0.3 is 5.97 Å². The highest BCUT2D eigenvalue weighted by atomic mass is 16.5. The van der Waals surface area contributed by atoms with E-state index >= 15 is 0 Å². The van der Waals surface area contributed by atoms with Crippen LogP contribution in [0.3, 0.4) is 0 Å². The number of para-hydroxylation sites is 1. The fraction of sp³-hybridized carbons (Fsp3) is 0.471. The van der Waals surface area contributed by atoms with E-state index in [4.69, 9.17) is 4.74 Å². The lowest BCUT2D eigenvalue weighted by Gasteiger charge is -2.23. The van der Waals surface area contributed by atoms with Crippen molar-refractivity contribution >= 4 is 23.3 Å². The Morgan fingerprint density at radius 3 is 2.64 bits per heavy atom. The van der Waals surface area contributed by atoms with E-state index in [1.807, 2.05) is 0 Å². The normalized spacial score (nSPS) is 22.0. The maximum atomic E-state index is 12.4. The molecule has 0 unspecified atom stereocenters. The third kappa shape index (κ3) is 2.89. The predicted octanol–water partition coefficient (Wildman–Crippen LogP) is 2.48. The van der Waals surface area contributed by atoms with Gasteiger partial charge in [0.1, 0.15) is 0 Å². The van der Waals surface area contributed by atoms with Crippen molar-refractivity contribution in [3.63, 3.8) is 0 Å². The first-order chi connectivity index (χ1) is 10.7. The molecule has 0 aromatic heterocycles. The van der Waals surface area contributed by atoms with Crippen molar-refractivity contribution in [2.24, 2.45) is 0 Å². The zero-order valence-electron chi connectivity index (χ0n) is 12.4. The Bertz CT molecular complexity index is 610. The molecule has 0 N–H and O–H groups in total. The first kappa shape index (κ1) is 14.8. The summed E-state index contributed by atoms with van der Waals surface area (Å²) in [6, 6.07) is 6.94. The summed E-state index contributed by atoms with van der Waals surface area (Å²) in [5.74, 6) is -0.501. The summed E-state index contributed by atoms with van der Waals surface area (Å²) < 4.78 is 5.40. The van der Waals surface area contributed by atoms with Crippen LogP contribution in [0, 0.1) is 0 Å². The van der Waals surface area contributed by atoms with E-state index < -0.39 is 12.1 Å². The smallest absolute Gasteiger partial charge is 0.340 e. The van der Waals surface area contributed by atoms with Crippen LogP contribution in [0.1, 0.15) is 48.9 Å². The summed E-state index contributed by atoms with van der Waals surface area (Å²) in [5.41, 5.74) is 0.939. The molecule has 3 rings (SSSR count). The monoisotopic (exact) mass is 301 g/mol. The second kappa shape index (κ2) is 6.30.